The van der Waals surface area contributed by atoms with Gasteiger partial charge in [0.05, 0.1) is 19.8 Å². The minimum absolute atomic E-state index is 0.0572. The fourth-order valence-electron chi connectivity index (χ4n) is 1.63. The van der Waals surface area contributed by atoms with Crippen molar-refractivity contribution in [1.82, 2.24) is 10.1 Å². The molecule has 1 unspecified atom stereocenters. The molecule has 0 fully saturated rings. The fourth-order valence-corrected chi connectivity index (χ4v) is 1.63. The van der Waals surface area contributed by atoms with E-state index in [4.69, 9.17) is 19.7 Å². The molecule has 0 bridgehead atoms. The van der Waals surface area contributed by atoms with E-state index < -0.39 is 0 Å². The van der Waals surface area contributed by atoms with Gasteiger partial charge in [-0.15, -0.1) is 0 Å². The molecule has 1 aromatic heterocycles. The Balaban J connectivity index is 2.38. The molecular weight excluding hydrogens is 246 g/mol. The van der Waals surface area contributed by atoms with Crippen molar-refractivity contribution in [2.45, 2.75) is 12.8 Å². The van der Waals surface area contributed by atoms with E-state index in [1.165, 1.54) is 0 Å². The summed E-state index contributed by atoms with van der Waals surface area (Å²) < 4.78 is 15.7. The van der Waals surface area contributed by atoms with Gasteiger partial charge in [-0.3, -0.25) is 0 Å². The number of nitrogens with zero attached hydrogens (tertiary/aromatic N) is 2. The second-order valence-electron chi connectivity index (χ2n) is 4.16. The van der Waals surface area contributed by atoms with Gasteiger partial charge in [-0.05, 0) is 12.1 Å². The molecule has 2 rings (SSSR count). The lowest BCUT2D eigenvalue weighted by Crippen LogP contribution is -2.10. The maximum absolute atomic E-state index is 5.58. The molecule has 0 saturated heterocycles. The number of hydrogen-bond acceptors (Lipinski definition) is 6. The third-order valence-electron chi connectivity index (χ3n) is 2.88. The van der Waals surface area contributed by atoms with Crippen molar-refractivity contribution in [3.8, 4) is 23.0 Å². The normalized spacial score (nSPS) is 12.2. The van der Waals surface area contributed by atoms with Crippen LogP contribution >= 0.6 is 0 Å². The first-order valence-electron chi connectivity index (χ1n) is 5.95. The van der Waals surface area contributed by atoms with Crippen molar-refractivity contribution in [2.75, 3.05) is 20.8 Å². The Morgan fingerprint density at radius 1 is 1.32 bits per heavy atom. The van der Waals surface area contributed by atoms with Crippen LogP contribution in [0.1, 0.15) is 18.7 Å². The highest BCUT2D eigenvalue weighted by Gasteiger charge is 2.17. The highest BCUT2D eigenvalue weighted by atomic mass is 16.5. The number of rotatable bonds is 5. The summed E-state index contributed by atoms with van der Waals surface area (Å²) in [5.41, 5.74) is 6.31. The van der Waals surface area contributed by atoms with Crippen LogP contribution in [0.2, 0.25) is 0 Å². The fraction of sp³-hybridized carbons (Fsp3) is 0.385. The maximum atomic E-state index is 5.58. The number of benzene rings is 1. The summed E-state index contributed by atoms with van der Waals surface area (Å²) in [7, 11) is 3.18. The molecule has 0 aliphatic carbocycles. The highest BCUT2D eigenvalue weighted by molar-refractivity contribution is 5.64. The molecule has 0 saturated carbocycles. The van der Waals surface area contributed by atoms with Crippen molar-refractivity contribution in [1.29, 1.82) is 0 Å². The molecule has 0 aliphatic rings. The van der Waals surface area contributed by atoms with Gasteiger partial charge < -0.3 is 19.7 Å². The number of hydrogen-bond donors (Lipinski definition) is 1. The Morgan fingerprint density at radius 3 is 2.74 bits per heavy atom. The number of nitrogens with two attached hydrogens (primary N) is 1. The quantitative estimate of drug-likeness (QED) is 0.885. The molecule has 1 aromatic carbocycles. The van der Waals surface area contributed by atoms with Crippen molar-refractivity contribution in [2.24, 2.45) is 5.73 Å². The molecular formula is C13H17N3O3. The van der Waals surface area contributed by atoms with Crippen LogP contribution < -0.4 is 15.2 Å². The molecule has 19 heavy (non-hydrogen) atoms. The summed E-state index contributed by atoms with van der Waals surface area (Å²) in [6.45, 7) is 2.42. The van der Waals surface area contributed by atoms with Gasteiger partial charge in [0.1, 0.15) is 11.5 Å². The van der Waals surface area contributed by atoms with E-state index in [0.29, 0.717) is 29.8 Å². The minimum Gasteiger partial charge on any atom is -0.497 e. The first-order chi connectivity index (χ1) is 9.19. The average Bonchev–Trinajstić information content (AvgIpc) is 2.95. The third-order valence-corrected chi connectivity index (χ3v) is 2.88. The van der Waals surface area contributed by atoms with Crippen LogP contribution in [0.5, 0.6) is 11.5 Å². The molecule has 6 heteroatoms. The van der Waals surface area contributed by atoms with E-state index in [1.807, 2.05) is 19.1 Å². The first-order valence-corrected chi connectivity index (χ1v) is 5.95. The van der Waals surface area contributed by atoms with E-state index in [1.54, 1.807) is 20.3 Å². The van der Waals surface area contributed by atoms with Crippen LogP contribution in [0, 0.1) is 0 Å². The summed E-state index contributed by atoms with van der Waals surface area (Å²) >= 11 is 0. The van der Waals surface area contributed by atoms with Gasteiger partial charge in [-0.2, -0.15) is 4.98 Å². The van der Waals surface area contributed by atoms with Gasteiger partial charge in [0.2, 0.25) is 0 Å². The third kappa shape index (κ3) is 2.68. The zero-order valence-corrected chi connectivity index (χ0v) is 11.2. The zero-order valence-electron chi connectivity index (χ0n) is 11.2. The van der Waals surface area contributed by atoms with E-state index in [9.17, 15) is 0 Å². The standard InChI is InChI=1S/C13H17N3O3/c1-8(7-14)12-15-13(19-16-12)10-5-4-9(17-2)6-11(10)18-3/h4-6,8H,7,14H2,1-3H3. The summed E-state index contributed by atoms with van der Waals surface area (Å²) in [5.74, 6) is 2.39. The van der Waals surface area contributed by atoms with Crippen molar-refractivity contribution in [3.63, 3.8) is 0 Å². The zero-order chi connectivity index (χ0) is 13.8. The van der Waals surface area contributed by atoms with Crippen LogP contribution in [0.4, 0.5) is 0 Å². The Kier molecular flexibility index (Phi) is 4.01. The molecule has 2 N–H and O–H groups in total. The molecule has 0 radical (unpaired) electrons. The average molecular weight is 263 g/mol. The SMILES string of the molecule is COc1ccc(-c2nc(C(C)CN)no2)c(OC)c1. The number of aromatic nitrogens is 2. The molecule has 0 amide bonds. The Hall–Kier alpha value is -2.08. The molecule has 2 aromatic rings. The topological polar surface area (TPSA) is 83.4 Å². The smallest absolute Gasteiger partial charge is 0.261 e. The molecule has 0 spiro atoms. The van der Waals surface area contributed by atoms with Gasteiger partial charge in [0.15, 0.2) is 5.82 Å². The van der Waals surface area contributed by atoms with E-state index in [2.05, 4.69) is 10.1 Å². The monoisotopic (exact) mass is 263 g/mol. The highest BCUT2D eigenvalue weighted by Crippen LogP contribution is 2.32. The van der Waals surface area contributed by atoms with Crippen LogP contribution in [0.25, 0.3) is 11.5 Å². The molecule has 0 aliphatic heterocycles. The van der Waals surface area contributed by atoms with Crippen LogP contribution in [-0.4, -0.2) is 30.9 Å². The summed E-state index contributed by atoms with van der Waals surface area (Å²) in [6, 6.07) is 5.40. The summed E-state index contributed by atoms with van der Waals surface area (Å²) in [4.78, 5) is 4.34. The van der Waals surface area contributed by atoms with E-state index in [0.717, 1.165) is 5.56 Å². The lowest BCUT2D eigenvalue weighted by Gasteiger charge is -2.07. The predicted octanol–water partition coefficient (Wildman–Crippen LogP) is 1.82. The maximum Gasteiger partial charge on any atom is 0.261 e. The Bertz CT molecular complexity index is 554. The number of methoxy groups -OCH3 is 2. The van der Waals surface area contributed by atoms with Crippen molar-refractivity contribution < 1.29 is 14.0 Å². The lowest BCUT2D eigenvalue weighted by molar-refractivity contribution is 0.389. The van der Waals surface area contributed by atoms with Gasteiger partial charge in [0.25, 0.3) is 5.89 Å². The van der Waals surface area contributed by atoms with Gasteiger partial charge in [-0.1, -0.05) is 12.1 Å². The second kappa shape index (κ2) is 5.71. The van der Waals surface area contributed by atoms with Gasteiger partial charge in [-0.25, -0.2) is 0 Å². The molecule has 6 nitrogen and oxygen atoms in total. The van der Waals surface area contributed by atoms with Crippen LogP contribution in [-0.2, 0) is 0 Å². The molecule has 1 atom stereocenters. The van der Waals surface area contributed by atoms with Crippen LogP contribution in [0.3, 0.4) is 0 Å². The van der Waals surface area contributed by atoms with Crippen molar-refractivity contribution >= 4 is 0 Å². The van der Waals surface area contributed by atoms with Crippen molar-refractivity contribution in [3.05, 3.63) is 24.0 Å². The summed E-state index contributed by atoms with van der Waals surface area (Å²) in [5, 5.41) is 3.93. The second-order valence-corrected chi connectivity index (χ2v) is 4.16. The van der Waals surface area contributed by atoms with Crippen LogP contribution in [0.15, 0.2) is 22.7 Å². The minimum atomic E-state index is 0.0572. The van der Waals surface area contributed by atoms with E-state index >= 15 is 0 Å². The number of ether oxygens (including phenoxy) is 2. The summed E-state index contributed by atoms with van der Waals surface area (Å²) in [6.07, 6.45) is 0. The lowest BCUT2D eigenvalue weighted by atomic mass is 10.1. The molecule has 102 valence electrons. The predicted molar refractivity (Wildman–Crippen MR) is 70.3 cm³/mol. The van der Waals surface area contributed by atoms with Gasteiger partial charge >= 0.3 is 0 Å². The Labute approximate surface area is 111 Å². The largest absolute Gasteiger partial charge is 0.497 e. The van der Waals surface area contributed by atoms with Gasteiger partial charge in [0, 0.05) is 18.5 Å². The molecule has 1 heterocycles. The Morgan fingerprint density at radius 2 is 2.11 bits per heavy atom. The first kappa shape index (κ1) is 13.4. The van der Waals surface area contributed by atoms with E-state index in [-0.39, 0.29) is 5.92 Å².